The zero-order chi connectivity index (χ0) is 11.9. The van der Waals surface area contributed by atoms with Crippen LogP contribution < -0.4 is 0 Å². The fourth-order valence-electron chi connectivity index (χ4n) is 1.73. The van der Waals surface area contributed by atoms with Gasteiger partial charge in [0.15, 0.2) is 6.10 Å². The molecular weight excluding hydrogens is 211 g/mol. The van der Waals surface area contributed by atoms with Crippen LogP contribution in [0, 0.1) is 5.41 Å². The van der Waals surface area contributed by atoms with Gasteiger partial charge in [0.1, 0.15) is 0 Å². The van der Waals surface area contributed by atoms with Crippen molar-refractivity contribution < 1.29 is 23.4 Å². The third-order valence-corrected chi connectivity index (χ3v) is 2.77. The summed E-state index contributed by atoms with van der Waals surface area (Å²) in [6.07, 6.45) is -7.56. The minimum absolute atomic E-state index is 0.181. The van der Waals surface area contributed by atoms with E-state index in [1.807, 2.05) is 0 Å². The molecule has 1 saturated heterocycles. The van der Waals surface area contributed by atoms with Crippen molar-refractivity contribution >= 4 is 0 Å². The lowest BCUT2D eigenvalue weighted by atomic mass is 9.90. The zero-order valence-corrected chi connectivity index (χ0v) is 8.75. The summed E-state index contributed by atoms with van der Waals surface area (Å²) in [5.74, 6) is 0. The number of aliphatic hydroxyl groups is 2. The molecule has 2 N–H and O–H groups in total. The molecule has 3 nitrogen and oxygen atoms in total. The summed E-state index contributed by atoms with van der Waals surface area (Å²) < 4.78 is 36.2. The zero-order valence-electron chi connectivity index (χ0n) is 8.75. The summed E-state index contributed by atoms with van der Waals surface area (Å²) in [5, 5.41) is 18.4. The molecule has 1 fully saturated rings. The van der Waals surface area contributed by atoms with Gasteiger partial charge in [0.25, 0.3) is 0 Å². The second-order valence-corrected chi connectivity index (χ2v) is 4.76. The fraction of sp³-hybridized carbons (Fsp3) is 1.00. The van der Waals surface area contributed by atoms with E-state index in [-0.39, 0.29) is 6.54 Å². The molecule has 15 heavy (non-hydrogen) atoms. The van der Waals surface area contributed by atoms with Crippen LogP contribution in [0.4, 0.5) is 13.2 Å². The number of halogens is 3. The number of hydrogen-bond donors (Lipinski definition) is 2. The first-order valence-corrected chi connectivity index (χ1v) is 4.78. The summed E-state index contributed by atoms with van der Waals surface area (Å²) in [6, 6.07) is 0. The quantitative estimate of drug-likeness (QED) is 0.726. The van der Waals surface area contributed by atoms with Crippen LogP contribution in [0.1, 0.15) is 13.8 Å². The van der Waals surface area contributed by atoms with Gasteiger partial charge in [0.05, 0.1) is 6.10 Å². The van der Waals surface area contributed by atoms with Gasteiger partial charge in [0, 0.05) is 25.0 Å². The Morgan fingerprint density at radius 3 is 2.33 bits per heavy atom. The molecule has 0 radical (unpaired) electrons. The number of hydrogen-bond acceptors (Lipinski definition) is 3. The second-order valence-electron chi connectivity index (χ2n) is 4.76. The lowest BCUT2D eigenvalue weighted by Gasteiger charge is -2.23. The van der Waals surface area contributed by atoms with Gasteiger partial charge in [-0.05, 0) is 0 Å². The molecule has 0 aromatic rings. The third kappa shape index (κ3) is 3.06. The molecule has 1 rings (SSSR count). The van der Waals surface area contributed by atoms with Gasteiger partial charge in [-0.15, -0.1) is 0 Å². The van der Waals surface area contributed by atoms with Crippen LogP contribution >= 0.6 is 0 Å². The molecular formula is C9H16F3NO2. The van der Waals surface area contributed by atoms with Gasteiger partial charge in [-0.2, -0.15) is 13.2 Å². The van der Waals surface area contributed by atoms with Crippen LogP contribution in [0.15, 0.2) is 0 Å². The monoisotopic (exact) mass is 227 g/mol. The van der Waals surface area contributed by atoms with E-state index < -0.39 is 30.3 Å². The van der Waals surface area contributed by atoms with Crippen LogP contribution in [0.5, 0.6) is 0 Å². The van der Waals surface area contributed by atoms with E-state index in [0.29, 0.717) is 6.54 Å². The number of β-amino-alcohol motifs (C(OH)–C–C–N with tert-alkyl or cyclic N) is 2. The molecule has 0 aromatic heterocycles. The van der Waals surface area contributed by atoms with Gasteiger partial charge >= 0.3 is 6.18 Å². The van der Waals surface area contributed by atoms with Crippen LogP contribution in [0.2, 0.25) is 0 Å². The maximum Gasteiger partial charge on any atom is 0.415 e. The van der Waals surface area contributed by atoms with E-state index in [0.717, 1.165) is 0 Å². The van der Waals surface area contributed by atoms with E-state index in [4.69, 9.17) is 5.11 Å². The molecule has 0 bridgehead atoms. The van der Waals surface area contributed by atoms with Gasteiger partial charge in [-0.1, -0.05) is 13.8 Å². The van der Waals surface area contributed by atoms with Crippen molar-refractivity contribution in [2.75, 3.05) is 19.6 Å². The summed E-state index contributed by atoms with van der Waals surface area (Å²) in [5.41, 5.74) is -0.411. The van der Waals surface area contributed by atoms with Crippen LogP contribution in [-0.4, -0.2) is 53.1 Å². The normalized spacial score (nSPS) is 29.4. The lowest BCUT2D eigenvalue weighted by molar-refractivity contribution is -0.207. The molecule has 0 spiro atoms. The lowest BCUT2D eigenvalue weighted by Crippen LogP contribution is -2.40. The minimum Gasteiger partial charge on any atom is -0.391 e. The minimum atomic E-state index is -4.59. The third-order valence-electron chi connectivity index (χ3n) is 2.77. The second kappa shape index (κ2) is 3.92. The number of rotatable bonds is 2. The van der Waals surface area contributed by atoms with E-state index >= 15 is 0 Å². The summed E-state index contributed by atoms with van der Waals surface area (Å²) in [7, 11) is 0. The summed E-state index contributed by atoms with van der Waals surface area (Å²) in [4.78, 5) is 1.43. The topological polar surface area (TPSA) is 43.7 Å². The highest BCUT2D eigenvalue weighted by Gasteiger charge is 2.43. The Hall–Kier alpha value is -0.330. The average molecular weight is 227 g/mol. The highest BCUT2D eigenvalue weighted by Crippen LogP contribution is 2.30. The molecule has 1 aliphatic rings. The van der Waals surface area contributed by atoms with Crippen LogP contribution in [-0.2, 0) is 0 Å². The first-order valence-electron chi connectivity index (χ1n) is 4.78. The van der Waals surface area contributed by atoms with Crippen molar-refractivity contribution in [1.29, 1.82) is 0 Å². The van der Waals surface area contributed by atoms with Crippen molar-refractivity contribution in [1.82, 2.24) is 4.90 Å². The summed E-state index contributed by atoms with van der Waals surface area (Å²) in [6.45, 7) is 3.65. The largest absolute Gasteiger partial charge is 0.415 e. The highest BCUT2D eigenvalue weighted by atomic mass is 19.4. The Bertz CT molecular complexity index is 230. The van der Waals surface area contributed by atoms with E-state index in [1.165, 1.54) is 4.90 Å². The van der Waals surface area contributed by atoms with E-state index in [2.05, 4.69) is 0 Å². The highest BCUT2D eigenvalue weighted by molar-refractivity contribution is 4.91. The SMILES string of the molecule is CC1(C)CN(CC(O)C(F)(F)F)CC1O. The Morgan fingerprint density at radius 1 is 1.47 bits per heavy atom. The van der Waals surface area contributed by atoms with Gasteiger partial charge in [0.2, 0.25) is 0 Å². The van der Waals surface area contributed by atoms with Crippen molar-refractivity contribution in [2.24, 2.45) is 5.41 Å². The first-order chi connectivity index (χ1) is 6.63. The molecule has 90 valence electrons. The maximum absolute atomic E-state index is 12.1. The van der Waals surface area contributed by atoms with Crippen molar-refractivity contribution in [3.8, 4) is 0 Å². The molecule has 0 saturated carbocycles. The molecule has 6 heteroatoms. The van der Waals surface area contributed by atoms with Crippen LogP contribution in [0.25, 0.3) is 0 Å². The Labute approximate surface area is 86.5 Å². The van der Waals surface area contributed by atoms with Gasteiger partial charge in [-0.25, -0.2) is 0 Å². The van der Waals surface area contributed by atoms with E-state index in [1.54, 1.807) is 13.8 Å². The molecule has 0 amide bonds. The number of nitrogens with zero attached hydrogens (tertiary/aromatic N) is 1. The molecule has 1 heterocycles. The Morgan fingerprint density at radius 2 is 2.00 bits per heavy atom. The van der Waals surface area contributed by atoms with Crippen molar-refractivity contribution in [2.45, 2.75) is 32.2 Å². The average Bonchev–Trinajstić information content (AvgIpc) is 2.23. The Balaban J connectivity index is 2.50. The molecule has 1 aliphatic heterocycles. The maximum atomic E-state index is 12.1. The number of alkyl halides is 3. The standard InChI is InChI=1S/C9H16F3NO2/c1-8(2)5-13(3-6(8)14)4-7(15)9(10,11)12/h6-7,14-15H,3-5H2,1-2H3. The number of likely N-dealkylation sites (tertiary alicyclic amines) is 1. The predicted molar refractivity (Wildman–Crippen MR) is 48.3 cm³/mol. The van der Waals surface area contributed by atoms with Gasteiger partial charge < -0.3 is 10.2 Å². The van der Waals surface area contributed by atoms with Gasteiger partial charge in [-0.3, -0.25) is 4.90 Å². The summed E-state index contributed by atoms with van der Waals surface area (Å²) >= 11 is 0. The van der Waals surface area contributed by atoms with Crippen molar-refractivity contribution in [3.63, 3.8) is 0 Å². The predicted octanol–water partition coefficient (Wildman–Crippen LogP) is 0.612. The molecule has 0 aromatic carbocycles. The van der Waals surface area contributed by atoms with Crippen LogP contribution in [0.3, 0.4) is 0 Å². The molecule has 2 unspecified atom stereocenters. The smallest absolute Gasteiger partial charge is 0.391 e. The molecule has 0 aliphatic carbocycles. The Kier molecular flexibility index (Phi) is 3.33. The fourth-order valence-corrected chi connectivity index (χ4v) is 1.73. The molecule has 2 atom stereocenters. The first kappa shape index (κ1) is 12.7. The number of aliphatic hydroxyl groups excluding tert-OH is 2. The van der Waals surface area contributed by atoms with E-state index in [9.17, 15) is 18.3 Å². The van der Waals surface area contributed by atoms with Crippen molar-refractivity contribution in [3.05, 3.63) is 0 Å².